The Morgan fingerprint density at radius 1 is 1.40 bits per heavy atom. The summed E-state index contributed by atoms with van der Waals surface area (Å²) in [5.41, 5.74) is 0.612. The number of aryl methyl sites for hydroxylation is 1. The molecule has 0 fully saturated rings. The van der Waals surface area contributed by atoms with Gasteiger partial charge in [-0.15, -0.1) is 0 Å². The monoisotopic (exact) mass is 277 g/mol. The van der Waals surface area contributed by atoms with Crippen LogP contribution in [0, 0.1) is 5.92 Å². The molecule has 1 N–H and O–H groups in total. The lowest BCUT2D eigenvalue weighted by atomic mass is 10.0. The summed E-state index contributed by atoms with van der Waals surface area (Å²) in [5, 5.41) is 8.15. The summed E-state index contributed by atoms with van der Waals surface area (Å²) in [6.07, 6.45) is 4.29. The first-order chi connectivity index (χ1) is 9.54. The quantitative estimate of drug-likeness (QED) is 0.860. The van der Waals surface area contributed by atoms with Crippen LogP contribution in [0.4, 0.5) is 0 Å². The molecule has 0 saturated heterocycles. The van der Waals surface area contributed by atoms with Crippen molar-refractivity contribution in [2.24, 2.45) is 13.0 Å². The van der Waals surface area contributed by atoms with Gasteiger partial charge in [0.25, 0.3) is 5.56 Å². The molecule has 0 aliphatic heterocycles. The Hall–Kier alpha value is -1.69. The summed E-state index contributed by atoms with van der Waals surface area (Å²) >= 11 is 0. The van der Waals surface area contributed by atoms with Crippen LogP contribution in [0.15, 0.2) is 17.3 Å². The molecular formula is C14H23N5O. The molecule has 2 aromatic heterocycles. The van der Waals surface area contributed by atoms with Crippen LogP contribution in [-0.4, -0.2) is 31.9 Å². The van der Waals surface area contributed by atoms with Crippen molar-refractivity contribution in [3.05, 3.63) is 22.9 Å². The predicted octanol–water partition coefficient (Wildman–Crippen LogP) is 1.15. The minimum Gasteiger partial charge on any atom is -0.312 e. The van der Waals surface area contributed by atoms with Gasteiger partial charge in [0.2, 0.25) is 0 Å². The first kappa shape index (κ1) is 14.7. The zero-order valence-corrected chi connectivity index (χ0v) is 12.6. The minimum atomic E-state index is -0.0213. The van der Waals surface area contributed by atoms with E-state index in [1.54, 1.807) is 28.8 Å². The Balaban J connectivity index is 2.28. The van der Waals surface area contributed by atoms with Gasteiger partial charge in [-0.05, 0) is 18.9 Å². The zero-order valence-electron chi connectivity index (χ0n) is 12.6. The standard InChI is InChI=1S/C14H23N5O/c1-5-6-15-12(10(2)3)8-19-9-16-13-11(14(19)20)7-17-18(13)4/h7,9-10,12,15H,5-6,8H2,1-4H3. The second kappa shape index (κ2) is 6.17. The number of rotatable bonds is 6. The molecule has 1 unspecified atom stereocenters. The van der Waals surface area contributed by atoms with Crippen LogP contribution in [0.1, 0.15) is 27.2 Å². The van der Waals surface area contributed by atoms with Crippen molar-refractivity contribution in [3.63, 3.8) is 0 Å². The molecule has 0 aromatic carbocycles. The second-order valence-electron chi connectivity index (χ2n) is 5.51. The molecule has 6 nitrogen and oxygen atoms in total. The lowest BCUT2D eigenvalue weighted by molar-refractivity contribution is 0.352. The molecular weight excluding hydrogens is 254 g/mol. The third-order valence-electron chi connectivity index (χ3n) is 3.57. The molecule has 1 atom stereocenters. The van der Waals surface area contributed by atoms with E-state index in [4.69, 9.17) is 0 Å². The largest absolute Gasteiger partial charge is 0.312 e. The Labute approximate surface area is 118 Å². The van der Waals surface area contributed by atoms with Crippen molar-refractivity contribution in [3.8, 4) is 0 Å². The molecule has 2 aromatic rings. The Bertz CT molecular complexity index is 628. The maximum atomic E-state index is 12.4. The van der Waals surface area contributed by atoms with E-state index in [0.29, 0.717) is 23.5 Å². The molecule has 0 aliphatic carbocycles. The third-order valence-corrected chi connectivity index (χ3v) is 3.57. The van der Waals surface area contributed by atoms with Gasteiger partial charge in [-0.25, -0.2) is 4.98 Å². The van der Waals surface area contributed by atoms with E-state index in [9.17, 15) is 4.79 Å². The van der Waals surface area contributed by atoms with Gasteiger partial charge >= 0.3 is 0 Å². The Kier molecular flexibility index (Phi) is 4.54. The first-order valence-electron chi connectivity index (χ1n) is 7.15. The van der Waals surface area contributed by atoms with E-state index in [1.165, 1.54) is 0 Å². The predicted molar refractivity (Wildman–Crippen MR) is 79.7 cm³/mol. The highest BCUT2D eigenvalue weighted by molar-refractivity contribution is 5.72. The highest BCUT2D eigenvalue weighted by Gasteiger charge is 2.15. The molecule has 0 aliphatic rings. The van der Waals surface area contributed by atoms with Crippen LogP contribution in [0.3, 0.4) is 0 Å². The fourth-order valence-corrected chi connectivity index (χ4v) is 2.25. The average molecular weight is 277 g/mol. The third kappa shape index (κ3) is 2.90. The minimum absolute atomic E-state index is 0.0213. The van der Waals surface area contributed by atoms with E-state index in [1.807, 2.05) is 0 Å². The van der Waals surface area contributed by atoms with E-state index >= 15 is 0 Å². The molecule has 2 rings (SSSR count). The average Bonchev–Trinajstić information content (AvgIpc) is 2.79. The molecule has 0 saturated carbocycles. The molecule has 0 bridgehead atoms. The molecule has 6 heteroatoms. The Morgan fingerprint density at radius 3 is 2.80 bits per heavy atom. The van der Waals surface area contributed by atoms with Crippen molar-refractivity contribution >= 4 is 11.0 Å². The van der Waals surface area contributed by atoms with Gasteiger partial charge in [-0.3, -0.25) is 14.0 Å². The lowest BCUT2D eigenvalue weighted by Crippen LogP contribution is -2.40. The maximum absolute atomic E-state index is 12.4. The van der Waals surface area contributed by atoms with Crippen LogP contribution < -0.4 is 10.9 Å². The van der Waals surface area contributed by atoms with E-state index in [-0.39, 0.29) is 11.6 Å². The molecule has 0 spiro atoms. The van der Waals surface area contributed by atoms with Crippen LogP contribution in [0.25, 0.3) is 11.0 Å². The van der Waals surface area contributed by atoms with Gasteiger partial charge in [-0.2, -0.15) is 5.10 Å². The van der Waals surface area contributed by atoms with Crippen LogP contribution in [0.5, 0.6) is 0 Å². The topological polar surface area (TPSA) is 64.7 Å². The number of hydrogen-bond acceptors (Lipinski definition) is 4. The smallest absolute Gasteiger partial charge is 0.264 e. The van der Waals surface area contributed by atoms with Crippen molar-refractivity contribution in [2.45, 2.75) is 39.8 Å². The second-order valence-corrected chi connectivity index (χ2v) is 5.51. The normalized spacial score (nSPS) is 13.2. The van der Waals surface area contributed by atoms with Gasteiger partial charge < -0.3 is 5.32 Å². The van der Waals surface area contributed by atoms with Gasteiger partial charge in [-0.1, -0.05) is 20.8 Å². The molecule has 110 valence electrons. The van der Waals surface area contributed by atoms with Crippen LogP contribution in [-0.2, 0) is 13.6 Å². The van der Waals surface area contributed by atoms with Crippen molar-refractivity contribution in [1.82, 2.24) is 24.6 Å². The highest BCUT2D eigenvalue weighted by Crippen LogP contribution is 2.07. The number of hydrogen-bond donors (Lipinski definition) is 1. The zero-order chi connectivity index (χ0) is 14.7. The number of fused-ring (bicyclic) bond motifs is 1. The highest BCUT2D eigenvalue weighted by atomic mass is 16.1. The van der Waals surface area contributed by atoms with Gasteiger partial charge in [0.15, 0.2) is 5.65 Å². The van der Waals surface area contributed by atoms with Crippen molar-refractivity contribution in [2.75, 3.05) is 6.54 Å². The fourth-order valence-electron chi connectivity index (χ4n) is 2.25. The number of nitrogens with one attached hydrogen (secondary N) is 1. The van der Waals surface area contributed by atoms with Gasteiger partial charge in [0, 0.05) is 19.6 Å². The van der Waals surface area contributed by atoms with Crippen LogP contribution >= 0.6 is 0 Å². The summed E-state index contributed by atoms with van der Waals surface area (Å²) in [6.45, 7) is 8.05. The lowest BCUT2D eigenvalue weighted by Gasteiger charge is -2.23. The molecule has 0 amide bonds. The van der Waals surface area contributed by atoms with Crippen molar-refractivity contribution < 1.29 is 0 Å². The molecule has 20 heavy (non-hydrogen) atoms. The van der Waals surface area contributed by atoms with Gasteiger partial charge in [0.1, 0.15) is 11.7 Å². The van der Waals surface area contributed by atoms with Crippen LogP contribution in [0.2, 0.25) is 0 Å². The maximum Gasteiger partial charge on any atom is 0.264 e. The molecule has 2 heterocycles. The summed E-state index contributed by atoms with van der Waals surface area (Å²) in [4.78, 5) is 16.7. The number of aromatic nitrogens is 4. The first-order valence-corrected chi connectivity index (χ1v) is 7.15. The van der Waals surface area contributed by atoms with E-state index < -0.39 is 0 Å². The van der Waals surface area contributed by atoms with E-state index in [0.717, 1.165) is 13.0 Å². The summed E-state index contributed by atoms with van der Waals surface area (Å²) in [7, 11) is 1.79. The number of nitrogens with zero attached hydrogens (tertiary/aromatic N) is 4. The summed E-state index contributed by atoms with van der Waals surface area (Å²) in [6, 6.07) is 0.267. The summed E-state index contributed by atoms with van der Waals surface area (Å²) < 4.78 is 3.30. The van der Waals surface area contributed by atoms with Gasteiger partial charge in [0.05, 0.1) is 6.20 Å². The molecule has 0 radical (unpaired) electrons. The summed E-state index contributed by atoms with van der Waals surface area (Å²) in [5.74, 6) is 0.457. The van der Waals surface area contributed by atoms with E-state index in [2.05, 4.69) is 36.2 Å². The SMILES string of the molecule is CCCNC(Cn1cnc2c(cnn2C)c1=O)C(C)C. The van der Waals surface area contributed by atoms with Crippen molar-refractivity contribution in [1.29, 1.82) is 0 Å². The Morgan fingerprint density at radius 2 is 2.15 bits per heavy atom. The fraction of sp³-hybridized carbons (Fsp3) is 0.643.